The summed E-state index contributed by atoms with van der Waals surface area (Å²) in [4.78, 5) is 26.2. The van der Waals surface area contributed by atoms with Gasteiger partial charge in [0.05, 0.1) is 18.0 Å². The van der Waals surface area contributed by atoms with Crippen LogP contribution in [0.2, 0.25) is 0 Å². The van der Waals surface area contributed by atoms with Gasteiger partial charge in [-0.15, -0.1) is 0 Å². The molecule has 8 heteroatoms. The number of fused-ring (bicyclic) bond motifs is 1. The van der Waals surface area contributed by atoms with E-state index in [2.05, 4.69) is 15.5 Å². The van der Waals surface area contributed by atoms with Gasteiger partial charge in [-0.2, -0.15) is 0 Å². The van der Waals surface area contributed by atoms with Crippen molar-refractivity contribution in [1.82, 2.24) is 4.90 Å². The van der Waals surface area contributed by atoms with Gasteiger partial charge in [0.2, 0.25) is 0 Å². The number of nitrogens with zero attached hydrogens (tertiary/aromatic N) is 1. The van der Waals surface area contributed by atoms with Gasteiger partial charge in [0.1, 0.15) is 5.60 Å². The Hall–Kier alpha value is -2.48. The molecule has 2 N–H and O–H groups in total. The Labute approximate surface area is 165 Å². The zero-order chi connectivity index (χ0) is 20.1. The van der Waals surface area contributed by atoms with Crippen molar-refractivity contribution in [2.75, 3.05) is 43.5 Å². The van der Waals surface area contributed by atoms with Crippen molar-refractivity contribution in [2.24, 2.45) is 0 Å². The van der Waals surface area contributed by atoms with Gasteiger partial charge in [0, 0.05) is 12.6 Å². The standard InChI is InChI=1S/C20H29N3O5/c1-20(2,3)28-19(25)21-14-11-15-18(27-13-17(24)22-15)16(12-14)26-10-6-9-23-7-4-5-8-23/h11-12H,4-10,13H2,1-3H3,(H,21,25)(H,22,24). The van der Waals surface area contributed by atoms with Crippen LogP contribution in [0.15, 0.2) is 12.1 Å². The lowest BCUT2D eigenvalue weighted by atomic mass is 10.2. The minimum Gasteiger partial charge on any atom is -0.489 e. The lowest BCUT2D eigenvalue weighted by Crippen LogP contribution is -2.28. The minimum absolute atomic E-state index is 0.0595. The van der Waals surface area contributed by atoms with Crippen LogP contribution < -0.4 is 20.1 Å². The van der Waals surface area contributed by atoms with E-state index in [1.54, 1.807) is 32.9 Å². The molecule has 2 heterocycles. The smallest absolute Gasteiger partial charge is 0.412 e. The first-order valence-electron chi connectivity index (χ1n) is 9.76. The summed E-state index contributed by atoms with van der Waals surface area (Å²) < 4.78 is 16.8. The lowest BCUT2D eigenvalue weighted by molar-refractivity contribution is -0.118. The molecule has 1 saturated heterocycles. The third-order valence-electron chi connectivity index (χ3n) is 4.40. The van der Waals surface area contributed by atoms with Crippen LogP contribution in [0.25, 0.3) is 0 Å². The summed E-state index contributed by atoms with van der Waals surface area (Å²) in [6.45, 7) is 9.15. The van der Waals surface area contributed by atoms with E-state index in [0.29, 0.717) is 29.5 Å². The highest BCUT2D eigenvalue weighted by Crippen LogP contribution is 2.40. The predicted octanol–water partition coefficient (Wildman–Crippen LogP) is 3.23. The summed E-state index contributed by atoms with van der Waals surface area (Å²) in [5, 5.41) is 5.44. The first-order valence-corrected chi connectivity index (χ1v) is 9.76. The first-order chi connectivity index (χ1) is 13.3. The maximum absolute atomic E-state index is 12.1. The largest absolute Gasteiger partial charge is 0.489 e. The van der Waals surface area contributed by atoms with Crippen LogP contribution in [0.5, 0.6) is 11.5 Å². The van der Waals surface area contributed by atoms with Gasteiger partial charge < -0.3 is 24.4 Å². The fourth-order valence-electron chi connectivity index (χ4n) is 3.25. The second-order valence-corrected chi connectivity index (χ2v) is 8.07. The zero-order valence-corrected chi connectivity index (χ0v) is 16.8. The molecular weight excluding hydrogens is 362 g/mol. The molecule has 0 spiro atoms. The SMILES string of the molecule is CC(C)(C)OC(=O)Nc1cc2c(c(OCCCN3CCCC3)c1)OCC(=O)N2. The quantitative estimate of drug-likeness (QED) is 0.724. The van der Waals surface area contributed by atoms with Gasteiger partial charge in [-0.3, -0.25) is 10.1 Å². The second kappa shape index (κ2) is 8.68. The van der Waals surface area contributed by atoms with Crippen molar-refractivity contribution in [2.45, 2.75) is 45.6 Å². The highest BCUT2D eigenvalue weighted by atomic mass is 16.6. The van der Waals surface area contributed by atoms with E-state index in [1.807, 2.05) is 0 Å². The lowest BCUT2D eigenvalue weighted by Gasteiger charge is -2.23. The van der Waals surface area contributed by atoms with Gasteiger partial charge in [-0.1, -0.05) is 0 Å². The van der Waals surface area contributed by atoms with E-state index >= 15 is 0 Å². The van der Waals surface area contributed by atoms with Gasteiger partial charge in [0.25, 0.3) is 5.91 Å². The number of hydrogen-bond donors (Lipinski definition) is 2. The third kappa shape index (κ3) is 5.76. The fourth-order valence-corrected chi connectivity index (χ4v) is 3.25. The molecule has 0 aromatic heterocycles. The van der Waals surface area contributed by atoms with Crippen LogP contribution in [0, 0.1) is 0 Å². The molecule has 3 rings (SSSR count). The molecule has 0 aliphatic carbocycles. The van der Waals surface area contributed by atoms with Crippen molar-refractivity contribution in [3.63, 3.8) is 0 Å². The molecule has 1 aromatic carbocycles. The highest BCUT2D eigenvalue weighted by molar-refractivity contribution is 5.98. The second-order valence-electron chi connectivity index (χ2n) is 8.07. The van der Waals surface area contributed by atoms with E-state index in [-0.39, 0.29) is 12.5 Å². The average molecular weight is 391 g/mol. The maximum atomic E-state index is 12.1. The monoisotopic (exact) mass is 391 g/mol. The molecule has 28 heavy (non-hydrogen) atoms. The van der Waals surface area contributed by atoms with E-state index < -0.39 is 11.7 Å². The number of anilines is 2. The number of benzene rings is 1. The Balaban J connectivity index is 1.67. The molecule has 0 atom stereocenters. The average Bonchev–Trinajstić information content (AvgIpc) is 3.09. The summed E-state index contributed by atoms with van der Waals surface area (Å²) in [5.74, 6) is 0.724. The molecular formula is C20H29N3O5. The van der Waals surface area contributed by atoms with Gasteiger partial charge in [0.15, 0.2) is 18.1 Å². The first kappa shape index (κ1) is 20.3. The third-order valence-corrected chi connectivity index (χ3v) is 4.40. The van der Waals surface area contributed by atoms with Crippen LogP contribution in [-0.4, -0.2) is 55.3 Å². The van der Waals surface area contributed by atoms with Crippen LogP contribution >= 0.6 is 0 Å². The molecule has 2 aliphatic heterocycles. The summed E-state index contributed by atoms with van der Waals surface area (Å²) in [7, 11) is 0. The molecule has 0 unspecified atom stereocenters. The molecule has 1 aromatic rings. The number of carbonyl (C=O) groups excluding carboxylic acids is 2. The Bertz CT molecular complexity index is 723. The number of hydrogen-bond acceptors (Lipinski definition) is 6. The van der Waals surface area contributed by atoms with Crippen LogP contribution in [0.4, 0.5) is 16.2 Å². The zero-order valence-electron chi connectivity index (χ0n) is 16.8. The van der Waals surface area contributed by atoms with Gasteiger partial charge in [-0.05, 0) is 59.2 Å². The highest BCUT2D eigenvalue weighted by Gasteiger charge is 2.23. The molecule has 0 radical (unpaired) electrons. The summed E-state index contributed by atoms with van der Waals surface area (Å²) in [6.07, 6.45) is 2.85. The predicted molar refractivity (Wildman–Crippen MR) is 106 cm³/mol. The van der Waals surface area contributed by atoms with Crippen molar-refractivity contribution in [3.05, 3.63) is 12.1 Å². The molecule has 1 fully saturated rings. The Morgan fingerprint density at radius 1 is 1.29 bits per heavy atom. The normalized spacial score (nSPS) is 16.8. The Kier molecular flexibility index (Phi) is 6.28. The van der Waals surface area contributed by atoms with Crippen LogP contribution in [0.3, 0.4) is 0 Å². The Morgan fingerprint density at radius 3 is 2.75 bits per heavy atom. The molecule has 0 saturated carbocycles. The number of carbonyl (C=O) groups is 2. The van der Waals surface area contributed by atoms with E-state index in [4.69, 9.17) is 14.2 Å². The number of amides is 2. The van der Waals surface area contributed by atoms with E-state index in [0.717, 1.165) is 26.1 Å². The summed E-state index contributed by atoms with van der Waals surface area (Å²) in [6, 6.07) is 3.32. The van der Waals surface area contributed by atoms with Crippen molar-refractivity contribution in [3.8, 4) is 11.5 Å². The number of rotatable bonds is 6. The van der Waals surface area contributed by atoms with Crippen molar-refractivity contribution < 1.29 is 23.8 Å². The van der Waals surface area contributed by atoms with Crippen LogP contribution in [-0.2, 0) is 9.53 Å². The molecule has 2 aliphatic rings. The number of likely N-dealkylation sites (tertiary alicyclic amines) is 1. The molecule has 2 amide bonds. The van der Waals surface area contributed by atoms with Crippen molar-refractivity contribution in [1.29, 1.82) is 0 Å². The van der Waals surface area contributed by atoms with E-state index in [1.165, 1.54) is 12.8 Å². The van der Waals surface area contributed by atoms with Gasteiger partial charge in [-0.25, -0.2) is 4.79 Å². The summed E-state index contributed by atoms with van der Waals surface area (Å²) >= 11 is 0. The maximum Gasteiger partial charge on any atom is 0.412 e. The minimum atomic E-state index is -0.607. The summed E-state index contributed by atoms with van der Waals surface area (Å²) in [5.41, 5.74) is 0.331. The molecule has 0 bridgehead atoms. The van der Waals surface area contributed by atoms with Gasteiger partial charge >= 0.3 is 6.09 Å². The number of nitrogens with one attached hydrogen (secondary N) is 2. The molecule has 8 nitrogen and oxygen atoms in total. The topological polar surface area (TPSA) is 89.1 Å². The fraction of sp³-hybridized carbons (Fsp3) is 0.600. The Morgan fingerprint density at radius 2 is 2.04 bits per heavy atom. The van der Waals surface area contributed by atoms with Crippen LogP contribution in [0.1, 0.15) is 40.0 Å². The molecule has 154 valence electrons. The number of ether oxygens (including phenoxy) is 3. The van der Waals surface area contributed by atoms with Crippen molar-refractivity contribution >= 4 is 23.4 Å². The van der Waals surface area contributed by atoms with E-state index in [9.17, 15) is 9.59 Å².